The molecule has 132 valence electrons. The SMILES string of the molecule is CC(=O)N1c2ccc(S(=O)(=O)N3C[C@H](C)C[C@@H](C)C3)cc2C[C@@H]1C. The van der Waals surface area contributed by atoms with Gasteiger partial charge in [-0.3, -0.25) is 4.79 Å². The molecule has 1 aromatic carbocycles. The summed E-state index contributed by atoms with van der Waals surface area (Å²) in [4.78, 5) is 13.9. The number of nitrogens with zero attached hydrogens (tertiary/aromatic N) is 2. The van der Waals surface area contributed by atoms with Crippen molar-refractivity contribution in [1.29, 1.82) is 0 Å². The zero-order valence-electron chi connectivity index (χ0n) is 14.8. The molecule has 6 heteroatoms. The van der Waals surface area contributed by atoms with Crippen LogP contribution in [0.15, 0.2) is 23.1 Å². The smallest absolute Gasteiger partial charge is 0.243 e. The third-order valence-corrected chi connectivity index (χ3v) is 6.91. The lowest BCUT2D eigenvalue weighted by molar-refractivity contribution is -0.116. The fourth-order valence-corrected chi connectivity index (χ4v) is 5.93. The molecule has 0 radical (unpaired) electrons. The average molecular weight is 350 g/mol. The molecule has 0 aromatic heterocycles. The molecule has 5 nitrogen and oxygen atoms in total. The molecule has 0 spiro atoms. The van der Waals surface area contributed by atoms with Crippen molar-refractivity contribution in [2.45, 2.75) is 51.5 Å². The van der Waals surface area contributed by atoms with Crippen molar-refractivity contribution in [2.75, 3.05) is 18.0 Å². The predicted octanol–water partition coefficient (Wildman–Crippen LogP) is 2.65. The van der Waals surface area contributed by atoms with Gasteiger partial charge in [-0.1, -0.05) is 13.8 Å². The van der Waals surface area contributed by atoms with Gasteiger partial charge in [0.1, 0.15) is 0 Å². The molecule has 1 fully saturated rings. The van der Waals surface area contributed by atoms with Crippen LogP contribution in [0.5, 0.6) is 0 Å². The van der Waals surface area contributed by atoms with E-state index < -0.39 is 10.0 Å². The van der Waals surface area contributed by atoms with Crippen LogP contribution in [0.2, 0.25) is 0 Å². The molecular weight excluding hydrogens is 324 g/mol. The van der Waals surface area contributed by atoms with Crippen LogP contribution in [0.3, 0.4) is 0 Å². The molecule has 0 aliphatic carbocycles. The topological polar surface area (TPSA) is 57.7 Å². The molecule has 24 heavy (non-hydrogen) atoms. The summed E-state index contributed by atoms with van der Waals surface area (Å²) in [6.07, 6.45) is 1.77. The maximum Gasteiger partial charge on any atom is 0.243 e. The normalized spacial score (nSPS) is 28.0. The fourth-order valence-electron chi connectivity index (χ4n) is 4.20. The average Bonchev–Trinajstić information content (AvgIpc) is 2.81. The highest BCUT2D eigenvalue weighted by Crippen LogP contribution is 2.35. The van der Waals surface area contributed by atoms with E-state index in [0.29, 0.717) is 36.2 Å². The van der Waals surface area contributed by atoms with E-state index >= 15 is 0 Å². The van der Waals surface area contributed by atoms with Crippen molar-refractivity contribution >= 4 is 21.6 Å². The molecule has 2 aliphatic rings. The summed E-state index contributed by atoms with van der Waals surface area (Å²) in [5.41, 5.74) is 1.78. The second kappa shape index (κ2) is 6.15. The zero-order chi connectivity index (χ0) is 17.6. The number of carbonyl (C=O) groups is 1. The Hall–Kier alpha value is -1.40. The molecule has 0 unspecified atom stereocenters. The van der Waals surface area contributed by atoms with Gasteiger partial charge >= 0.3 is 0 Å². The van der Waals surface area contributed by atoms with E-state index in [-0.39, 0.29) is 11.9 Å². The van der Waals surface area contributed by atoms with Gasteiger partial charge in [-0.15, -0.1) is 0 Å². The first-order chi connectivity index (χ1) is 11.2. The Morgan fingerprint density at radius 1 is 1.12 bits per heavy atom. The van der Waals surface area contributed by atoms with E-state index in [1.165, 1.54) is 0 Å². The predicted molar refractivity (Wildman–Crippen MR) is 94.5 cm³/mol. The third kappa shape index (κ3) is 2.97. The Labute approximate surface area is 144 Å². The lowest BCUT2D eigenvalue weighted by Crippen LogP contribution is -2.42. The summed E-state index contributed by atoms with van der Waals surface area (Å²) < 4.78 is 27.7. The highest BCUT2D eigenvalue weighted by molar-refractivity contribution is 7.89. The Bertz CT molecular complexity index is 750. The lowest BCUT2D eigenvalue weighted by atomic mass is 9.94. The number of rotatable bonds is 2. The number of hydrogen-bond donors (Lipinski definition) is 0. The van der Waals surface area contributed by atoms with E-state index in [1.807, 2.05) is 6.92 Å². The number of fused-ring (bicyclic) bond motifs is 1. The summed E-state index contributed by atoms with van der Waals surface area (Å²) in [5.74, 6) is 0.757. The van der Waals surface area contributed by atoms with Gasteiger partial charge in [0.2, 0.25) is 15.9 Å². The Kier molecular flexibility index (Phi) is 4.47. The van der Waals surface area contributed by atoms with Crippen LogP contribution in [0.4, 0.5) is 5.69 Å². The molecule has 1 aromatic rings. The van der Waals surface area contributed by atoms with Crippen molar-refractivity contribution in [2.24, 2.45) is 11.8 Å². The summed E-state index contributed by atoms with van der Waals surface area (Å²) in [7, 11) is -3.47. The minimum absolute atomic E-state index is 0.00413. The number of sulfonamides is 1. The lowest BCUT2D eigenvalue weighted by Gasteiger charge is -2.34. The molecule has 1 amide bonds. The number of benzene rings is 1. The maximum absolute atomic E-state index is 13.0. The highest BCUT2D eigenvalue weighted by Gasteiger charge is 2.34. The second-order valence-electron chi connectivity index (χ2n) is 7.50. The first kappa shape index (κ1) is 17.4. The number of piperidine rings is 1. The Balaban J connectivity index is 1.94. The summed E-state index contributed by atoms with van der Waals surface area (Å²) in [5, 5.41) is 0. The van der Waals surface area contributed by atoms with Crippen LogP contribution in [0.25, 0.3) is 0 Å². The first-order valence-electron chi connectivity index (χ1n) is 8.63. The maximum atomic E-state index is 13.0. The summed E-state index contributed by atoms with van der Waals surface area (Å²) in [6, 6.07) is 5.26. The fraction of sp³-hybridized carbons (Fsp3) is 0.611. The second-order valence-corrected chi connectivity index (χ2v) is 9.44. The van der Waals surface area contributed by atoms with E-state index in [0.717, 1.165) is 17.7 Å². The quantitative estimate of drug-likeness (QED) is 0.824. The molecular formula is C18H26N2O3S. The van der Waals surface area contributed by atoms with E-state index in [2.05, 4.69) is 13.8 Å². The molecule has 0 saturated carbocycles. The molecule has 3 rings (SSSR count). The van der Waals surface area contributed by atoms with Crippen LogP contribution < -0.4 is 4.90 Å². The van der Waals surface area contributed by atoms with E-state index in [4.69, 9.17) is 0 Å². The summed E-state index contributed by atoms with van der Waals surface area (Å²) >= 11 is 0. The van der Waals surface area contributed by atoms with Gasteiger partial charge in [0, 0.05) is 31.7 Å². The van der Waals surface area contributed by atoms with Crippen LogP contribution in [-0.2, 0) is 21.2 Å². The van der Waals surface area contributed by atoms with Gasteiger partial charge < -0.3 is 4.90 Å². The van der Waals surface area contributed by atoms with Crippen LogP contribution in [0, 0.1) is 11.8 Å². The molecule has 2 heterocycles. The van der Waals surface area contributed by atoms with Crippen molar-refractivity contribution in [1.82, 2.24) is 4.31 Å². The van der Waals surface area contributed by atoms with Crippen molar-refractivity contribution in [3.63, 3.8) is 0 Å². The molecule has 0 N–H and O–H groups in total. The minimum Gasteiger partial charge on any atom is -0.309 e. The summed E-state index contributed by atoms with van der Waals surface area (Å²) in [6.45, 7) is 8.91. The van der Waals surface area contributed by atoms with Crippen LogP contribution in [-0.4, -0.2) is 37.8 Å². The molecule has 3 atom stereocenters. The molecule has 1 saturated heterocycles. The van der Waals surface area contributed by atoms with Gasteiger partial charge in [0.15, 0.2) is 0 Å². The Morgan fingerprint density at radius 3 is 2.33 bits per heavy atom. The zero-order valence-corrected chi connectivity index (χ0v) is 15.6. The molecule has 2 aliphatic heterocycles. The van der Waals surface area contributed by atoms with Gasteiger partial charge in [-0.25, -0.2) is 8.42 Å². The number of carbonyl (C=O) groups excluding carboxylic acids is 1. The van der Waals surface area contributed by atoms with Crippen molar-refractivity contribution < 1.29 is 13.2 Å². The highest BCUT2D eigenvalue weighted by atomic mass is 32.2. The number of amides is 1. The van der Waals surface area contributed by atoms with Gasteiger partial charge in [0.25, 0.3) is 0 Å². The standard InChI is InChI=1S/C18H26N2O3S/c1-12-7-13(2)11-19(10-12)24(22,23)17-5-6-18-16(9-17)8-14(3)20(18)15(4)21/h5-6,9,12-14H,7-8,10-11H2,1-4H3/t12-,13-,14+/m1/s1. The molecule has 0 bridgehead atoms. The number of hydrogen-bond acceptors (Lipinski definition) is 3. The largest absolute Gasteiger partial charge is 0.309 e. The van der Waals surface area contributed by atoms with Crippen molar-refractivity contribution in [3.05, 3.63) is 23.8 Å². The minimum atomic E-state index is -3.47. The van der Waals surface area contributed by atoms with Gasteiger partial charge in [-0.05, 0) is 55.4 Å². The third-order valence-electron chi connectivity index (χ3n) is 5.08. The number of anilines is 1. The first-order valence-corrected chi connectivity index (χ1v) is 10.1. The van der Waals surface area contributed by atoms with Crippen LogP contribution >= 0.6 is 0 Å². The van der Waals surface area contributed by atoms with E-state index in [9.17, 15) is 13.2 Å². The Morgan fingerprint density at radius 2 is 1.75 bits per heavy atom. The van der Waals surface area contributed by atoms with E-state index in [1.54, 1.807) is 34.3 Å². The monoisotopic (exact) mass is 350 g/mol. The van der Waals surface area contributed by atoms with Gasteiger partial charge in [-0.2, -0.15) is 4.31 Å². The van der Waals surface area contributed by atoms with Gasteiger partial charge in [0.05, 0.1) is 4.90 Å². The van der Waals surface area contributed by atoms with Crippen molar-refractivity contribution in [3.8, 4) is 0 Å². The van der Waals surface area contributed by atoms with Crippen LogP contribution in [0.1, 0.15) is 39.7 Å².